The lowest BCUT2D eigenvalue weighted by molar-refractivity contribution is -0.121. The number of benzene rings is 3. The molecule has 1 atom stereocenters. The second kappa shape index (κ2) is 9.59. The molecular formula is C32H30N2O3S. The SMILES string of the molecule is CC(C)(C)C1CCc2nc3ccccc3c(C(=O)OCC(=O)N3c4ccccc4Sc4ccccc43)c2C1. The predicted octanol–water partition coefficient (Wildman–Crippen LogP) is 7.37. The van der Waals surface area contributed by atoms with E-state index in [1.165, 1.54) is 0 Å². The molecule has 0 radical (unpaired) electrons. The van der Waals surface area contributed by atoms with E-state index in [9.17, 15) is 9.59 Å². The number of aromatic nitrogens is 1. The number of hydrogen-bond acceptors (Lipinski definition) is 5. The van der Waals surface area contributed by atoms with Crippen LogP contribution >= 0.6 is 11.8 Å². The lowest BCUT2D eigenvalue weighted by atomic mass is 9.70. The number of amides is 1. The molecule has 2 aliphatic rings. The number of carbonyl (C=O) groups excluding carboxylic acids is 2. The first-order valence-corrected chi connectivity index (χ1v) is 13.9. The summed E-state index contributed by atoms with van der Waals surface area (Å²) in [4.78, 5) is 35.9. The number of esters is 1. The van der Waals surface area contributed by atoms with E-state index in [0.29, 0.717) is 11.5 Å². The molecule has 1 aliphatic carbocycles. The van der Waals surface area contributed by atoms with Gasteiger partial charge in [-0.15, -0.1) is 0 Å². The maximum Gasteiger partial charge on any atom is 0.339 e. The van der Waals surface area contributed by atoms with Crippen molar-refractivity contribution < 1.29 is 14.3 Å². The van der Waals surface area contributed by atoms with Gasteiger partial charge in [-0.25, -0.2) is 4.79 Å². The summed E-state index contributed by atoms with van der Waals surface area (Å²) in [6.45, 7) is 6.40. The molecule has 192 valence electrons. The molecule has 0 bridgehead atoms. The number of fused-ring (bicyclic) bond motifs is 4. The van der Waals surface area contributed by atoms with Crippen LogP contribution in [0.15, 0.2) is 82.6 Å². The molecule has 0 spiro atoms. The quantitative estimate of drug-likeness (QED) is 0.263. The summed E-state index contributed by atoms with van der Waals surface area (Å²) in [5.74, 6) is -0.306. The summed E-state index contributed by atoms with van der Waals surface area (Å²) >= 11 is 1.64. The van der Waals surface area contributed by atoms with Gasteiger partial charge >= 0.3 is 5.97 Å². The van der Waals surface area contributed by atoms with E-state index < -0.39 is 5.97 Å². The van der Waals surface area contributed by atoms with Crippen LogP contribution in [0.4, 0.5) is 11.4 Å². The Hall–Kier alpha value is -3.64. The Morgan fingerprint density at radius 2 is 1.58 bits per heavy atom. The maximum atomic E-state index is 13.7. The van der Waals surface area contributed by atoms with Crippen LogP contribution in [0.1, 0.15) is 48.8 Å². The van der Waals surface area contributed by atoms with E-state index in [1.807, 2.05) is 72.8 Å². The molecule has 6 rings (SSSR count). The van der Waals surface area contributed by atoms with Gasteiger partial charge in [0.15, 0.2) is 6.61 Å². The molecule has 38 heavy (non-hydrogen) atoms. The number of rotatable bonds is 3. The van der Waals surface area contributed by atoms with E-state index in [4.69, 9.17) is 9.72 Å². The number of anilines is 2. The van der Waals surface area contributed by atoms with Crippen LogP contribution in [0.5, 0.6) is 0 Å². The molecule has 4 aromatic rings. The molecule has 6 heteroatoms. The number of ether oxygens (including phenoxy) is 1. The maximum absolute atomic E-state index is 13.7. The molecular weight excluding hydrogens is 492 g/mol. The average molecular weight is 523 g/mol. The van der Waals surface area contributed by atoms with E-state index in [1.54, 1.807) is 16.7 Å². The van der Waals surface area contributed by atoms with Crippen molar-refractivity contribution in [3.05, 3.63) is 89.6 Å². The third-order valence-corrected chi connectivity index (χ3v) is 8.83. The minimum atomic E-state index is -0.462. The standard InChI is InChI=1S/C32H30N2O3S/c1-32(2,3)20-16-17-24-22(18-20)30(21-10-4-5-11-23(21)33-24)31(36)37-19-29(35)34-25-12-6-8-14-27(25)38-28-15-9-7-13-26(28)34/h4-15,20H,16-19H2,1-3H3. The first-order valence-electron chi connectivity index (χ1n) is 13.1. The van der Waals surface area contributed by atoms with Crippen molar-refractivity contribution in [3.63, 3.8) is 0 Å². The monoisotopic (exact) mass is 522 g/mol. The third-order valence-electron chi connectivity index (χ3n) is 7.70. The summed E-state index contributed by atoms with van der Waals surface area (Å²) in [6, 6.07) is 23.3. The van der Waals surface area contributed by atoms with Gasteiger partial charge in [0.2, 0.25) is 0 Å². The van der Waals surface area contributed by atoms with Crippen molar-refractivity contribution >= 4 is 45.9 Å². The van der Waals surface area contributed by atoms with Crippen LogP contribution in [0.2, 0.25) is 0 Å². The average Bonchev–Trinajstić information content (AvgIpc) is 2.92. The summed E-state index contributed by atoms with van der Waals surface area (Å²) in [6.07, 6.45) is 2.65. The fourth-order valence-electron chi connectivity index (χ4n) is 5.60. The van der Waals surface area contributed by atoms with Gasteiger partial charge in [0.1, 0.15) is 0 Å². The van der Waals surface area contributed by atoms with Gasteiger partial charge in [0, 0.05) is 20.9 Å². The van der Waals surface area contributed by atoms with Crippen molar-refractivity contribution in [1.82, 2.24) is 4.98 Å². The molecule has 2 heterocycles. The molecule has 1 unspecified atom stereocenters. The molecule has 0 saturated carbocycles. The first kappa shape index (κ1) is 24.7. The molecule has 5 nitrogen and oxygen atoms in total. The predicted molar refractivity (Wildman–Crippen MR) is 151 cm³/mol. The molecule has 3 aromatic carbocycles. The van der Waals surface area contributed by atoms with Crippen molar-refractivity contribution in [2.24, 2.45) is 11.3 Å². The van der Waals surface area contributed by atoms with Crippen LogP contribution in [0.3, 0.4) is 0 Å². The summed E-state index contributed by atoms with van der Waals surface area (Å²) in [7, 11) is 0. The summed E-state index contributed by atoms with van der Waals surface area (Å²) < 4.78 is 5.80. The highest BCUT2D eigenvalue weighted by atomic mass is 32.2. The van der Waals surface area contributed by atoms with Gasteiger partial charge in [-0.1, -0.05) is 75.0 Å². The van der Waals surface area contributed by atoms with E-state index in [2.05, 4.69) is 20.8 Å². The fraction of sp³-hybridized carbons (Fsp3) is 0.281. The second-order valence-electron chi connectivity index (χ2n) is 11.1. The number of aryl methyl sites for hydroxylation is 1. The van der Waals surface area contributed by atoms with Crippen molar-refractivity contribution in [1.29, 1.82) is 0 Å². The smallest absolute Gasteiger partial charge is 0.339 e. The summed E-state index contributed by atoms with van der Waals surface area (Å²) in [5.41, 5.74) is 5.01. The van der Waals surface area contributed by atoms with Gasteiger partial charge in [-0.2, -0.15) is 0 Å². The van der Waals surface area contributed by atoms with E-state index in [-0.39, 0.29) is 17.9 Å². The molecule has 0 fully saturated rings. The summed E-state index contributed by atoms with van der Waals surface area (Å²) in [5, 5.41) is 0.781. The Balaban J connectivity index is 1.33. The van der Waals surface area contributed by atoms with Crippen molar-refractivity contribution in [3.8, 4) is 0 Å². The molecule has 1 aromatic heterocycles. The van der Waals surface area contributed by atoms with E-state index >= 15 is 0 Å². The number of pyridine rings is 1. The van der Waals surface area contributed by atoms with Crippen molar-refractivity contribution in [2.75, 3.05) is 11.5 Å². The number of carbonyl (C=O) groups is 2. The highest BCUT2D eigenvalue weighted by molar-refractivity contribution is 7.99. The molecule has 1 aliphatic heterocycles. The fourth-order valence-corrected chi connectivity index (χ4v) is 6.66. The molecule has 1 amide bonds. The molecule has 0 saturated heterocycles. The third kappa shape index (κ3) is 4.37. The number of para-hydroxylation sites is 3. The lowest BCUT2D eigenvalue weighted by Crippen LogP contribution is -2.33. The van der Waals surface area contributed by atoms with Gasteiger partial charge in [0.05, 0.1) is 22.5 Å². The Morgan fingerprint density at radius 1 is 0.947 bits per heavy atom. The largest absolute Gasteiger partial charge is 0.452 e. The van der Waals surface area contributed by atoms with Crippen LogP contribution in [-0.2, 0) is 22.4 Å². The van der Waals surface area contributed by atoms with E-state index in [0.717, 1.165) is 62.6 Å². The Labute approximate surface area is 227 Å². The van der Waals surface area contributed by atoms with Gasteiger partial charge in [0.25, 0.3) is 5.91 Å². The number of hydrogen-bond donors (Lipinski definition) is 0. The van der Waals surface area contributed by atoms with Gasteiger partial charge < -0.3 is 4.74 Å². The second-order valence-corrected chi connectivity index (χ2v) is 12.2. The zero-order valence-corrected chi connectivity index (χ0v) is 22.7. The van der Waals surface area contributed by atoms with Gasteiger partial charge in [-0.05, 0) is 66.5 Å². The van der Waals surface area contributed by atoms with Gasteiger partial charge in [-0.3, -0.25) is 14.7 Å². The Morgan fingerprint density at radius 3 is 2.26 bits per heavy atom. The minimum absolute atomic E-state index is 0.119. The minimum Gasteiger partial charge on any atom is -0.452 e. The van der Waals surface area contributed by atoms with Crippen LogP contribution in [0, 0.1) is 11.3 Å². The first-order chi connectivity index (χ1) is 18.3. The normalized spacial score (nSPS) is 16.4. The topological polar surface area (TPSA) is 59.5 Å². The Bertz CT molecular complexity index is 1530. The highest BCUT2D eigenvalue weighted by Gasteiger charge is 2.34. The Kier molecular flexibility index (Phi) is 6.23. The lowest BCUT2D eigenvalue weighted by Gasteiger charge is -2.35. The van der Waals surface area contributed by atoms with Crippen LogP contribution < -0.4 is 4.90 Å². The number of nitrogens with zero attached hydrogens (tertiary/aromatic N) is 2. The zero-order chi connectivity index (χ0) is 26.4. The van der Waals surface area contributed by atoms with Crippen LogP contribution in [-0.4, -0.2) is 23.5 Å². The highest BCUT2D eigenvalue weighted by Crippen LogP contribution is 2.48. The van der Waals surface area contributed by atoms with Crippen LogP contribution in [0.25, 0.3) is 10.9 Å². The molecule has 0 N–H and O–H groups in total. The zero-order valence-electron chi connectivity index (χ0n) is 21.9. The van der Waals surface area contributed by atoms with Crippen molar-refractivity contribution in [2.45, 2.75) is 49.8 Å².